The molecule has 0 saturated heterocycles. The number of carboxylic acids is 1. The third-order valence-corrected chi connectivity index (χ3v) is 3.98. The van der Waals surface area contributed by atoms with E-state index in [1.807, 2.05) is 6.07 Å². The van der Waals surface area contributed by atoms with E-state index in [4.69, 9.17) is 5.11 Å². The van der Waals surface area contributed by atoms with Crippen LogP contribution in [0.2, 0.25) is 0 Å². The highest BCUT2D eigenvalue weighted by atomic mass is 79.9. The van der Waals surface area contributed by atoms with E-state index < -0.39 is 12.1 Å². The maximum absolute atomic E-state index is 11.0. The van der Waals surface area contributed by atoms with E-state index >= 15 is 0 Å². The molecular formula is C13H15BrO4. The van der Waals surface area contributed by atoms with Crippen molar-refractivity contribution in [2.45, 2.75) is 38.2 Å². The van der Waals surface area contributed by atoms with Crippen LogP contribution in [-0.2, 0) is 17.6 Å². The zero-order valence-corrected chi connectivity index (χ0v) is 11.4. The van der Waals surface area contributed by atoms with Crippen molar-refractivity contribution in [1.82, 2.24) is 0 Å². The number of phenols is 1. The Labute approximate surface area is 113 Å². The molecule has 0 bridgehead atoms. The van der Waals surface area contributed by atoms with E-state index in [2.05, 4.69) is 15.9 Å². The summed E-state index contributed by atoms with van der Waals surface area (Å²) in [6.07, 6.45) is 2.97. The molecule has 98 valence electrons. The summed E-state index contributed by atoms with van der Waals surface area (Å²) in [6.45, 7) is 0. The quantitative estimate of drug-likeness (QED) is 0.733. The van der Waals surface area contributed by atoms with Crippen LogP contribution in [0.25, 0.3) is 0 Å². The molecule has 3 N–H and O–H groups in total. The van der Waals surface area contributed by atoms with Gasteiger partial charge in [-0.25, -0.2) is 4.79 Å². The number of aromatic hydroxyl groups is 1. The Morgan fingerprint density at radius 1 is 1.28 bits per heavy atom. The normalized spacial score (nSPS) is 16.8. The van der Waals surface area contributed by atoms with Crippen LogP contribution < -0.4 is 0 Å². The summed E-state index contributed by atoms with van der Waals surface area (Å²) in [5.41, 5.74) is 1.96. The number of carbonyl (C=O) groups is 1. The Kier molecular flexibility index (Phi) is 3.92. The van der Waals surface area contributed by atoms with E-state index in [0.717, 1.165) is 36.8 Å². The van der Waals surface area contributed by atoms with Crippen LogP contribution in [0.1, 0.15) is 42.1 Å². The van der Waals surface area contributed by atoms with Crippen molar-refractivity contribution >= 4 is 21.9 Å². The van der Waals surface area contributed by atoms with Crippen molar-refractivity contribution in [3.8, 4) is 5.75 Å². The molecule has 1 atom stereocenters. The largest absolute Gasteiger partial charge is 0.506 e. The Morgan fingerprint density at radius 2 is 1.94 bits per heavy atom. The summed E-state index contributed by atoms with van der Waals surface area (Å²) in [4.78, 5) is 11.0. The van der Waals surface area contributed by atoms with Gasteiger partial charge >= 0.3 is 5.97 Å². The fourth-order valence-corrected chi connectivity index (χ4v) is 2.97. The lowest BCUT2D eigenvalue weighted by molar-refractivity contribution is -0.147. The van der Waals surface area contributed by atoms with Gasteiger partial charge in [0.2, 0.25) is 0 Å². The lowest BCUT2D eigenvalue weighted by Gasteiger charge is -2.18. The number of hydrogen-bond acceptors (Lipinski definition) is 3. The molecule has 5 heteroatoms. The average molecular weight is 315 g/mol. The fourth-order valence-electron chi connectivity index (χ4n) is 2.48. The minimum absolute atomic E-state index is 0.147. The maximum Gasteiger partial charge on any atom is 0.337 e. The van der Waals surface area contributed by atoms with Gasteiger partial charge in [0, 0.05) is 5.56 Å². The lowest BCUT2D eigenvalue weighted by Crippen LogP contribution is -2.14. The number of phenolic OH excluding ortho intramolecular Hbond substituents is 1. The summed E-state index contributed by atoms with van der Waals surface area (Å²) in [5, 5.41) is 28.7. The van der Waals surface area contributed by atoms with Crippen LogP contribution in [0.5, 0.6) is 5.75 Å². The smallest absolute Gasteiger partial charge is 0.337 e. The van der Waals surface area contributed by atoms with Gasteiger partial charge in [-0.3, -0.25) is 0 Å². The molecule has 1 aliphatic rings. The summed E-state index contributed by atoms with van der Waals surface area (Å²) < 4.78 is 0.443. The highest BCUT2D eigenvalue weighted by molar-refractivity contribution is 9.10. The summed E-state index contributed by atoms with van der Waals surface area (Å²) in [6, 6.07) is 1.83. The van der Waals surface area contributed by atoms with Gasteiger partial charge in [-0.15, -0.1) is 0 Å². The number of benzene rings is 1. The van der Waals surface area contributed by atoms with Crippen LogP contribution >= 0.6 is 15.9 Å². The predicted octanol–water partition coefficient (Wildman–Crippen LogP) is 2.54. The number of hydrogen-bond donors (Lipinski definition) is 3. The molecule has 0 heterocycles. The molecule has 18 heavy (non-hydrogen) atoms. The van der Waals surface area contributed by atoms with Crippen molar-refractivity contribution in [2.24, 2.45) is 0 Å². The molecule has 0 aliphatic heterocycles. The first-order chi connectivity index (χ1) is 8.52. The highest BCUT2D eigenvalue weighted by Gasteiger charge is 2.27. The molecule has 1 aromatic carbocycles. The molecule has 1 aliphatic carbocycles. The second kappa shape index (κ2) is 5.28. The van der Waals surface area contributed by atoms with Gasteiger partial charge < -0.3 is 15.3 Å². The maximum atomic E-state index is 11.0. The first-order valence-electron chi connectivity index (χ1n) is 5.96. The number of fused-ring (bicyclic) bond motifs is 1. The Morgan fingerprint density at radius 3 is 2.61 bits per heavy atom. The Bertz CT molecular complexity index is 484. The standard InChI is InChI=1S/C13H15BrO4/c14-9-6-7-4-2-1-3-5-8(7)10(11(9)15)12(16)13(17)18/h6,12,15-16H,1-5H2,(H,17,18). The Balaban J connectivity index is 2.61. The van der Waals surface area contributed by atoms with E-state index in [9.17, 15) is 15.0 Å². The molecule has 0 fully saturated rings. The number of aryl methyl sites for hydroxylation is 1. The zero-order chi connectivity index (χ0) is 13.3. The SMILES string of the molecule is O=C(O)C(O)c1c(O)c(Br)cc2c1CCCCC2. The molecule has 0 saturated carbocycles. The molecule has 1 unspecified atom stereocenters. The number of aliphatic carboxylic acids is 1. The second-order valence-electron chi connectivity index (χ2n) is 4.56. The zero-order valence-electron chi connectivity index (χ0n) is 9.82. The number of aliphatic hydroxyl groups is 1. The van der Waals surface area contributed by atoms with Crippen molar-refractivity contribution in [1.29, 1.82) is 0 Å². The minimum atomic E-state index is -1.67. The van der Waals surface area contributed by atoms with Crippen molar-refractivity contribution < 1.29 is 20.1 Å². The monoisotopic (exact) mass is 314 g/mol. The fraction of sp³-hybridized carbons (Fsp3) is 0.462. The molecule has 0 amide bonds. The summed E-state index contributed by atoms with van der Waals surface area (Å²) in [7, 11) is 0. The Hall–Kier alpha value is -1.07. The number of carboxylic acid groups (broad SMARTS) is 1. The lowest BCUT2D eigenvalue weighted by atomic mass is 9.93. The van der Waals surface area contributed by atoms with Gasteiger partial charge in [-0.1, -0.05) is 6.42 Å². The van der Waals surface area contributed by atoms with E-state index in [1.165, 1.54) is 0 Å². The van der Waals surface area contributed by atoms with Crippen LogP contribution in [0.15, 0.2) is 10.5 Å². The predicted molar refractivity (Wildman–Crippen MR) is 69.7 cm³/mol. The summed E-state index contributed by atoms with van der Waals surface area (Å²) in [5.74, 6) is -1.50. The van der Waals surface area contributed by atoms with Crippen LogP contribution in [0, 0.1) is 0 Å². The third-order valence-electron chi connectivity index (χ3n) is 3.38. The highest BCUT2D eigenvalue weighted by Crippen LogP contribution is 2.39. The molecule has 4 nitrogen and oxygen atoms in total. The van der Waals surface area contributed by atoms with E-state index in [-0.39, 0.29) is 11.3 Å². The topological polar surface area (TPSA) is 77.8 Å². The number of rotatable bonds is 2. The second-order valence-corrected chi connectivity index (χ2v) is 5.41. The average Bonchev–Trinajstić information content (AvgIpc) is 2.55. The number of halogens is 1. The molecule has 2 rings (SSSR count). The molecule has 1 aromatic rings. The van der Waals surface area contributed by atoms with Crippen molar-refractivity contribution in [3.63, 3.8) is 0 Å². The van der Waals surface area contributed by atoms with Crippen molar-refractivity contribution in [3.05, 3.63) is 27.2 Å². The van der Waals surface area contributed by atoms with E-state index in [0.29, 0.717) is 10.9 Å². The molecule has 0 spiro atoms. The first-order valence-corrected chi connectivity index (χ1v) is 6.75. The van der Waals surface area contributed by atoms with Gasteiger partial charge in [0.05, 0.1) is 4.47 Å². The van der Waals surface area contributed by atoms with E-state index in [1.54, 1.807) is 0 Å². The molecule has 0 radical (unpaired) electrons. The summed E-state index contributed by atoms with van der Waals surface area (Å²) >= 11 is 3.21. The van der Waals surface area contributed by atoms with Crippen LogP contribution in [0.3, 0.4) is 0 Å². The van der Waals surface area contributed by atoms with Gasteiger partial charge in [-0.05, 0) is 58.8 Å². The van der Waals surface area contributed by atoms with Crippen LogP contribution in [0.4, 0.5) is 0 Å². The van der Waals surface area contributed by atoms with Crippen LogP contribution in [-0.4, -0.2) is 21.3 Å². The third kappa shape index (κ3) is 2.37. The minimum Gasteiger partial charge on any atom is -0.506 e. The van der Waals surface area contributed by atoms with Crippen molar-refractivity contribution in [2.75, 3.05) is 0 Å². The molecule has 0 aromatic heterocycles. The first kappa shape index (κ1) is 13.4. The van der Waals surface area contributed by atoms with Gasteiger partial charge in [0.25, 0.3) is 0 Å². The van der Waals surface area contributed by atoms with Gasteiger partial charge in [0.1, 0.15) is 5.75 Å². The van der Waals surface area contributed by atoms with Gasteiger partial charge in [-0.2, -0.15) is 0 Å². The number of aliphatic hydroxyl groups excluding tert-OH is 1. The van der Waals surface area contributed by atoms with Gasteiger partial charge in [0.15, 0.2) is 6.10 Å². The molecular weight excluding hydrogens is 300 g/mol.